The van der Waals surface area contributed by atoms with Gasteiger partial charge in [-0.05, 0) is 105 Å². The van der Waals surface area contributed by atoms with Crippen molar-refractivity contribution in [3.63, 3.8) is 0 Å². The number of ether oxygens (including phenoxy) is 1. The highest BCUT2D eigenvalue weighted by molar-refractivity contribution is 5.83. The summed E-state index contributed by atoms with van der Waals surface area (Å²) in [5, 5.41) is 30.5. The lowest BCUT2D eigenvalue weighted by atomic mass is 10.1. The number of hydrogen-bond donors (Lipinski definition) is 3. The Morgan fingerprint density at radius 1 is 0.606 bits per heavy atom. The van der Waals surface area contributed by atoms with Crippen LogP contribution in [0.15, 0.2) is 72.8 Å². The summed E-state index contributed by atoms with van der Waals surface area (Å²) >= 11 is 0. The van der Waals surface area contributed by atoms with Crippen LogP contribution >= 0.6 is 0 Å². The molecule has 0 unspecified atom stereocenters. The lowest BCUT2D eigenvalue weighted by molar-refractivity contribution is 0.409. The van der Waals surface area contributed by atoms with E-state index >= 15 is 0 Å². The molecule has 0 aliphatic carbocycles. The molecule has 0 saturated carbocycles. The zero-order valence-corrected chi connectivity index (χ0v) is 19.1. The van der Waals surface area contributed by atoms with Crippen molar-refractivity contribution in [1.29, 1.82) is 0 Å². The molecule has 4 aromatic carbocycles. The summed E-state index contributed by atoms with van der Waals surface area (Å²) in [6.07, 6.45) is 0. The fourth-order valence-electron chi connectivity index (χ4n) is 4.07. The zero-order chi connectivity index (χ0) is 23.7. The molecular weight excluding hydrogens is 414 g/mol. The number of aryl methyl sites for hydroxylation is 4. The molecule has 0 atom stereocenters. The molecule has 33 heavy (non-hydrogen) atoms. The van der Waals surface area contributed by atoms with Crippen molar-refractivity contribution in [1.82, 2.24) is 0 Å². The SMILES string of the molecule is Cc1cc(C)c(Oc2ccccc2N(c2ccc(O)cc2C)c2ccc(O)cc2C)c(O)c1. The quantitative estimate of drug-likeness (QED) is 0.303. The number of nitrogens with zero attached hydrogens (tertiary/aromatic N) is 1. The topological polar surface area (TPSA) is 73.2 Å². The van der Waals surface area contributed by atoms with Crippen molar-refractivity contribution in [3.8, 4) is 28.7 Å². The van der Waals surface area contributed by atoms with Gasteiger partial charge in [0.15, 0.2) is 17.2 Å². The highest BCUT2D eigenvalue weighted by Crippen LogP contribution is 2.46. The first kappa shape index (κ1) is 22.1. The maximum absolute atomic E-state index is 10.6. The second kappa shape index (κ2) is 8.79. The highest BCUT2D eigenvalue weighted by Gasteiger charge is 2.22. The van der Waals surface area contributed by atoms with E-state index in [-0.39, 0.29) is 17.2 Å². The zero-order valence-electron chi connectivity index (χ0n) is 19.1. The Bertz CT molecular complexity index is 1260. The van der Waals surface area contributed by atoms with E-state index in [1.165, 1.54) is 0 Å². The summed E-state index contributed by atoms with van der Waals surface area (Å²) < 4.78 is 6.29. The smallest absolute Gasteiger partial charge is 0.172 e. The molecule has 0 saturated heterocycles. The standard InChI is InChI=1S/C28H27NO4/c1-17-13-20(4)28(26(32)14-17)33-27-8-6-5-7-25(27)29(23-11-9-21(30)15-18(23)2)24-12-10-22(31)16-19(24)3/h5-16,30-32H,1-4H3. The van der Waals surface area contributed by atoms with Crippen LogP contribution < -0.4 is 9.64 Å². The minimum atomic E-state index is 0.0791. The first-order chi connectivity index (χ1) is 15.7. The average molecular weight is 442 g/mol. The Balaban J connectivity index is 1.92. The summed E-state index contributed by atoms with van der Waals surface area (Å²) in [6, 6.07) is 21.6. The summed E-state index contributed by atoms with van der Waals surface area (Å²) in [4.78, 5) is 2.03. The highest BCUT2D eigenvalue weighted by atomic mass is 16.5. The van der Waals surface area contributed by atoms with Crippen molar-refractivity contribution in [3.05, 3.63) is 95.1 Å². The van der Waals surface area contributed by atoms with Gasteiger partial charge in [0.1, 0.15) is 11.5 Å². The predicted molar refractivity (Wildman–Crippen MR) is 132 cm³/mol. The summed E-state index contributed by atoms with van der Waals surface area (Å²) in [6.45, 7) is 7.68. The molecule has 0 heterocycles. The van der Waals surface area contributed by atoms with Gasteiger partial charge in [0.2, 0.25) is 0 Å². The van der Waals surface area contributed by atoms with Crippen LogP contribution in [0, 0.1) is 27.7 Å². The van der Waals surface area contributed by atoms with Gasteiger partial charge in [0.25, 0.3) is 0 Å². The Morgan fingerprint density at radius 2 is 1.18 bits per heavy atom. The van der Waals surface area contributed by atoms with Crippen LogP contribution in [0.5, 0.6) is 28.7 Å². The number of phenols is 3. The Hall–Kier alpha value is -4.12. The van der Waals surface area contributed by atoms with Gasteiger partial charge < -0.3 is 25.0 Å². The van der Waals surface area contributed by atoms with E-state index in [9.17, 15) is 15.3 Å². The fourth-order valence-corrected chi connectivity index (χ4v) is 4.07. The molecule has 3 N–H and O–H groups in total. The van der Waals surface area contributed by atoms with Crippen LogP contribution in [-0.4, -0.2) is 15.3 Å². The molecule has 0 amide bonds. The molecule has 5 nitrogen and oxygen atoms in total. The van der Waals surface area contributed by atoms with Crippen LogP contribution in [0.25, 0.3) is 0 Å². The number of phenolic OH excluding ortho intramolecular Hbond substituents is 3. The first-order valence-corrected chi connectivity index (χ1v) is 10.7. The van der Waals surface area contributed by atoms with Gasteiger partial charge in [0.05, 0.1) is 5.69 Å². The maximum atomic E-state index is 10.6. The molecule has 0 fully saturated rings. The van der Waals surface area contributed by atoms with Gasteiger partial charge in [-0.3, -0.25) is 0 Å². The number of anilines is 3. The Labute approximate surface area is 193 Å². The monoisotopic (exact) mass is 441 g/mol. The van der Waals surface area contributed by atoms with Crippen molar-refractivity contribution in [2.75, 3.05) is 4.90 Å². The molecule has 4 rings (SSSR count). The van der Waals surface area contributed by atoms with E-state index in [1.54, 1.807) is 30.3 Å². The average Bonchev–Trinajstić information content (AvgIpc) is 2.74. The molecule has 0 radical (unpaired) electrons. The lowest BCUT2D eigenvalue weighted by Gasteiger charge is -2.30. The molecule has 0 aliphatic heterocycles. The van der Waals surface area contributed by atoms with Gasteiger partial charge in [0, 0.05) is 11.4 Å². The normalized spacial score (nSPS) is 10.8. The minimum absolute atomic E-state index is 0.0791. The fraction of sp³-hybridized carbons (Fsp3) is 0.143. The minimum Gasteiger partial charge on any atom is -0.508 e. The number of rotatable bonds is 5. The molecule has 4 aromatic rings. The van der Waals surface area contributed by atoms with Crippen LogP contribution in [0.3, 0.4) is 0 Å². The van der Waals surface area contributed by atoms with Gasteiger partial charge >= 0.3 is 0 Å². The van der Waals surface area contributed by atoms with E-state index in [1.807, 2.05) is 75.1 Å². The third-order valence-corrected chi connectivity index (χ3v) is 5.56. The van der Waals surface area contributed by atoms with Gasteiger partial charge in [-0.15, -0.1) is 0 Å². The van der Waals surface area contributed by atoms with Gasteiger partial charge in [-0.2, -0.15) is 0 Å². The van der Waals surface area contributed by atoms with E-state index in [4.69, 9.17) is 4.74 Å². The lowest BCUT2D eigenvalue weighted by Crippen LogP contribution is -2.13. The van der Waals surface area contributed by atoms with Crippen molar-refractivity contribution in [2.45, 2.75) is 27.7 Å². The summed E-state index contributed by atoms with van der Waals surface area (Å²) in [7, 11) is 0. The van der Waals surface area contributed by atoms with E-state index in [0.29, 0.717) is 11.5 Å². The molecule has 0 spiro atoms. The second-order valence-corrected chi connectivity index (χ2v) is 8.28. The van der Waals surface area contributed by atoms with Crippen LogP contribution in [-0.2, 0) is 0 Å². The molecule has 5 heteroatoms. The number of benzene rings is 4. The van der Waals surface area contributed by atoms with Gasteiger partial charge in [-0.25, -0.2) is 0 Å². The van der Waals surface area contributed by atoms with Crippen LogP contribution in [0.1, 0.15) is 22.3 Å². The predicted octanol–water partition coefficient (Wildman–Crippen LogP) is 7.30. The number of aromatic hydroxyl groups is 3. The number of hydrogen-bond acceptors (Lipinski definition) is 5. The second-order valence-electron chi connectivity index (χ2n) is 8.28. The molecule has 0 bridgehead atoms. The van der Waals surface area contributed by atoms with E-state index in [0.717, 1.165) is 39.3 Å². The Kier molecular flexibility index (Phi) is 5.88. The van der Waals surface area contributed by atoms with Crippen molar-refractivity contribution >= 4 is 17.1 Å². The maximum Gasteiger partial charge on any atom is 0.172 e. The number of para-hydroxylation sites is 2. The molecule has 168 valence electrons. The van der Waals surface area contributed by atoms with Crippen molar-refractivity contribution < 1.29 is 20.1 Å². The summed E-state index contributed by atoms with van der Waals surface area (Å²) in [5.41, 5.74) is 5.96. The first-order valence-electron chi connectivity index (χ1n) is 10.7. The Morgan fingerprint density at radius 3 is 1.73 bits per heavy atom. The van der Waals surface area contributed by atoms with Crippen LogP contribution in [0.4, 0.5) is 17.1 Å². The summed E-state index contributed by atoms with van der Waals surface area (Å²) in [5.74, 6) is 1.40. The molecule has 0 aliphatic rings. The van der Waals surface area contributed by atoms with E-state index in [2.05, 4.69) is 0 Å². The largest absolute Gasteiger partial charge is 0.508 e. The molecule has 0 aromatic heterocycles. The third-order valence-electron chi connectivity index (χ3n) is 5.56. The van der Waals surface area contributed by atoms with Gasteiger partial charge in [-0.1, -0.05) is 18.2 Å². The third kappa shape index (κ3) is 4.44. The molecular formula is C28H27NO4. The van der Waals surface area contributed by atoms with Crippen molar-refractivity contribution in [2.24, 2.45) is 0 Å². The van der Waals surface area contributed by atoms with E-state index < -0.39 is 0 Å². The van der Waals surface area contributed by atoms with Crippen LogP contribution in [0.2, 0.25) is 0 Å².